The van der Waals surface area contributed by atoms with Crippen LogP contribution in [0.5, 0.6) is 0 Å². The minimum atomic E-state index is -0.910. The highest BCUT2D eigenvalue weighted by Gasteiger charge is 2.35. The van der Waals surface area contributed by atoms with Gasteiger partial charge in [0.2, 0.25) is 0 Å². The number of allylic oxidation sites excluding steroid dienone is 3. The van der Waals surface area contributed by atoms with Crippen LogP contribution in [0, 0.1) is 0 Å². The zero-order valence-electron chi connectivity index (χ0n) is 21.7. The normalized spacial score (nSPS) is 20.7. The van der Waals surface area contributed by atoms with Gasteiger partial charge in [-0.15, -0.1) is 0 Å². The first-order chi connectivity index (χ1) is 16.8. The number of likely N-dealkylation sites (tertiary alicyclic amines) is 1. The predicted molar refractivity (Wildman–Crippen MR) is 144 cm³/mol. The number of carboxylic acids is 1. The number of carbonyl (C=O) groups is 1. The summed E-state index contributed by atoms with van der Waals surface area (Å²) >= 11 is 0. The average molecular weight is 482 g/mol. The van der Waals surface area contributed by atoms with E-state index in [0.29, 0.717) is 5.56 Å². The smallest absolute Gasteiger partial charge is 0.335 e. The molecular formula is C29H43N3O3. The summed E-state index contributed by atoms with van der Waals surface area (Å²) in [6, 6.07) is 7.12. The van der Waals surface area contributed by atoms with Crippen LogP contribution >= 0.6 is 0 Å². The van der Waals surface area contributed by atoms with Crippen LogP contribution in [0.25, 0.3) is 0 Å². The molecule has 2 unspecified atom stereocenters. The number of nitrogens with two attached hydrogens (primary N) is 1. The van der Waals surface area contributed by atoms with E-state index in [1.54, 1.807) is 12.1 Å². The minimum absolute atomic E-state index is 0.203. The van der Waals surface area contributed by atoms with Crippen LogP contribution in [0.2, 0.25) is 0 Å². The second kappa shape index (κ2) is 14.0. The number of carboxylic acid groups (broad SMARTS) is 1. The van der Waals surface area contributed by atoms with Gasteiger partial charge in [0, 0.05) is 32.9 Å². The standard InChI is InChI=1S/C29H43N3O3/c1-6-10-24(8-3)27(21-31(5)17-7-2)22-32-18-9-15-29(35-30,16-19-32)20-23(4)25-11-13-26(14-12-25)28(33)34/h6,8,10-14,21,23H,1,3,7,9,15-20,22,30H2,2,4-5H3,(H,33,34)/b24-10+,27-21-. The molecule has 1 aromatic carbocycles. The highest BCUT2D eigenvalue weighted by Crippen LogP contribution is 2.36. The molecule has 0 bridgehead atoms. The van der Waals surface area contributed by atoms with E-state index in [1.165, 1.54) is 5.57 Å². The monoisotopic (exact) mass is 481 g/mol. The summed E-state index contributed by atoms with van der Waals surface area (Å²) in [4.78, 5) is 21.6. The number of hydrogen-bond donors (Lipinski definition) is 2. The first kappa shape index (κ1) is 28.6. The van der Waals surface area contributed by atoms with Gasteiger partial charge in [-0.2, -0.15) is 0 Å². The molecule has 1 heterocycles. The van der Waals surface area contributed by atoms with Gasteiger partial charge in [0.15, 0.2) is 0 Å². The molecule has 0 spiro atoms. The maximum atomic E-state index is 11.2. The molecule has 6 nitrogen and oxygen atoms in total. The van der Waals surface area contributed by atoms with Crippen molar-refractivity contribution in [2.24, 2.45) is 5.90 Å². The topological polar surface area (TPSA) is 79.0 Å². The molecule has 1 aromatic rings. The van der Waals surface area contributed by atoms with Crippen molar-refractivity contribution in [1.29, 1.82) is 0 Å². The van der Waals surface area contributed by atoms with Crippen LogP contribution in [0.15, 0.2) is 73.0 Å². The molecule has 1 aliphatic rings. The lowest BCUT2D eigenvalue weighted by molar-refractivity contribution is -0.0674. The Hall–Kier alpha value is -2.67. The Labute approximate surface area is 211 Å². The third-order valence-electron chi connectivity index (χ3n) is 6.88. The largest absolute Gasteiger partial charge is 0.478 e. The highest BCUT2D eigenvalue weighted by molar-refractivity contribution is 5.87. The van der Waals surface area contributed by atoms with Crippen molar-refractivity contribution < 1.29 is 14.7 Å². The van der Waals surface area contributed by atoms with Gasteiger partial charge in [-0.3, -0.25) is 9.74 Å². The summed E-state index contributed by atoms with van der Waals surface area (Å²) in [6.45, 7) is 15.9. The van der Waals surface area contributed by atoms with Crippen molar-refractivity contribution in [1.82, 2.24) is 9.80 Å². The van der Waals surface area contributed by atoms with Crippen molar-refractivity contribution >= 4 is 5.97 Å². The van der Waals surface area contributed by atoms with Crippen molar-refractivity contribution in [2.75, 3.05) is 33.2 Å². The van der Waals surface area contributed by atoms with Crippen LogP contribution in [0.4, 0.5) is 0 Å². The first-order valence-electron chi connectivity index (χ1n) is 12.6. The number of hydrogen-bond acceptors (Lipinski definition) is 5. The van der Waals surface area contributed by atoms with Crippen LogP contribution in [0.1, 0.15) is 67.8 Å². The Balaban J connectivity index is 2.13. The van der Waals surface area contributed by atoms with E-state index in [0.717, 1.165) is 69.4 Å². The molecule has 0 aromatic heterocycles. The molecule has 2 atom stereocenters. The van der Waals surface area contributed by atoms with Gasteiger partial charge < -0.3 is 10.0 Å². The van der Waals surface area contributed by atoms with Gasteiger partial charge in [-0.05, 0) is 73.4 Å². The summed E-state index contributed by atoms with van der Waals surface area (Å²) in [5.41, 5.74) is 3.31. The molecular weight excluding hydrogens is 438 g/mol. The average Bonchev–Trinajstić information content (AvgIpc) is 3.04. The molecule has 1 aliphatic heterocycles. The fourth-order valence-electron chi connectivity index (χ4n) is 4.95. The van der Waals surface area contributed by atoms with E-state index in [9.17, 15) is 4.79 Å². The molecule has 2 rings (SSSR count). The quantitative estimate of drug-likeness (QED) is 0.285. The second-order valence-electron chi connectivity index (χ2n) is 9.66. The zero-order valence-corrected chi connectivity index (χ0v) is 21.7. The Kier molecular flexibility index (Phi) is 11.4. The van der Waals surface area contributed by atoms with Gasteiger partial charge in [0.1, 0.15) is 0 Å². The zero-order chi connectivity index (χ0) is 25.8. The van der Waals surface area contributed by atoms with E-state index in [1.807, 2.05) is 30.4 Å². The number of rotatable bonds is 13. The molecule has 0 aliphatic carbocycles. The molecule has 1 saturated heterocycles. The molecule has 0 radical (unpaired) electrons. The molecule has 0 amide bonds. The molecule has 35 heavy (non-hydrogen) atoms. The van der Waals surface area contributed by atoms with E-state index in [4.69, 9.17) is 15.8 Å². The molecule has 0 saturated carbocycles. The van der Waals surface area contributed by atoms with Crippen molar-refractivity contribution in [3.8, 4) is 0 Å². The van der Waals surface area contributed by atoms with E-state index >= 15 is 0 Å². The van der Waals surface area contributed by atoms with E-state index in [2.05, 4.69) is 50.1 Å². The van der Waals surface area contributed by atoms with Gasteiger partial charge >= 0.3 is 5.97 Å². The van der Waals surface area contributed by atoms with Gasteiger partial charge in [0.05, 0.1) is 11.2 Å². The van der Waals surface area contributed by atoms with Crippen LogP contribution < -0.4 is 5.90 Å². The summed E-state index contributed by atoms with van der Waals surface area (Å²) in [5, 5.41) is 9.17. The third kappa shape index (κ3) is 8.49. The maximum Gasteiger partial charge on any atom is 0.335 e. The fraction of sp³-hybridized carbons (Fsp3) is 0.483. The van der Waals surface area contributed by atoms with Crippen molar-refractivity contribution in [2.45, 2.75) is 57.5 Å². The first-order valence-corrected chi connectivity index (χ1v) is 12.6. The number of benzene rings is 1. The Morgan fingerprint density at radius 1 is 1.29 bits per heavy atom. The number of aromatic carboxylic acids is 1. The van der Waals surface area contributed by atoms with Gasteiger partial charge in [-0.25, -0.2) is 10.7 Å². The van der Waals surface area contributed by atoms with E-state index in [-0.39, 0.29) is 5.92 Å². The second-order valence-corrected chi connectivity index (χ2v) is 9.66. The lowest BCUT2D eigenvalue weighted by Gasteiger charge is -2.33. The molecule has 1 fully saturated rings. The lowest BCUT2D eigenvalue weighted by atomic mass is 9.82. The number of nitrogens with zero attached hydrogens (tertiary/aromatic N) is 2. The lowest BCUT2D eigenvalue weighted by Crippen LogP contribution is -2.38. The van der Waals surface area contributed by atoms with Crippen LogP contribution in [-0.2, 0) is 4.84 Å². The molecule has 6 heteroatoms. The Bertz CT molecular complexity index is 906. The van der Waals surface area contributed by atoms with E-state index < -0.39 is 11.6 Å². The van der Waals surface area contributed by atoms with Crippen LogP contribution in [-0.4, -0.2) is 59.7 Å². The van der Waals surface area contributed by atoms with Crippen molar-refractivity contribution in [3.63, 3.8) is 0 Å². The third-order valence-corrected chi connectivity index (χ3v) is 6.88. The summed E-state index contributed by atoms with van der Waals surface area (Å²) in [5.74, 6) is 5.20. The van der Waals surface area contributed by atoms with Gasteiger partial charge in [0.25, 0.3) is 0 Å². The Morgan fingerprint density at radius 3 is 2.57 bits per heavy atom. The summed E-state index contributed by atoms with van der Waals surface area (Å²) < 4.78 is 0. The van der Waals surface area contributed by atoms with Crippen LogP contribution in [0.3, 0.4) is 0 Å². The maximum absolute atomic E-state index is 11.2. The SMILES string of the molecule is C=C/C=C(C=C)/C(=C\N(C)CCC)CN1CCCC(CC(C)c2ccc(C(=O)O)cc2)(ON)CC1. The van der Waals surface area contributed by atoms with Crippen molar-refractivity contribution in [3.05, 3.63) is 84.1 Å². The summed E-state index contributed by atoms with van der Waals surface area (Å²) in [6.07, 6.45) is 12.6. The predicted octanol–water partition coefficient (Wildman–Crippen LogP) is 5.52. The Morgan fingerprint density at radius 2 is 2.00 bits per heavy atom. The minimum Gasteiger partial charge on any atom is -0.478 e. The molecule has 192 valence electrons. The van der Waals surface area contributed by atoms with Gasteiger partial charge in [-0.1, -0.05) is 57.4 Å². The highest BCUT2D eigenvalue weighted by atomic mass is 16.6. The summed E-state index contributed by atoms with van der Waals surface area (Å²) in [7, 11) is 2.11. The fourth-order valence-corrected chi connectivity index (χ4v) is 4.95. The molecule has 3 N–H and O–H groups in total.